The molecule has 2 bridgehead atoms. The SMILES string of the molecule is C=C1CCC[C@H]2O[C@@H](C=C[C@@H]2OC)C/C=C\C(=O)O[C@H]([C@@H](/C=C/[C@@H]2CC(C)=CCO2)O[Si](C)(C)C(C)(C)C)C/C=C/[C@@H](O[Si](C)(C)C(C)(C)C)C1. The van der Waals surface area contributed by atoms with E-state index in [1.807, 2.05) is 12.2 Å². The van der Waals surface area contributed by atoms with Gasteiger partial charge in [0.2, 0.25) is 0 Å². The standard InChI is InChI=1S/C42H70O7Si2/c1-31-17-14-20-37-36(44-9)25-23-33(46-37)18-16-22-40(43)47-38(21-15-19-35(30-31)48-50(10,11)41(3,4)5)39(49-51(12,13)42(6,7)8)26-24-34-29-32(2)27-28-45-34/h15-16,19,22-27,33-39H,1,14,17-18,20-21,28-30H2,2-13H3/b19-15+,22-16-,26-24+/t33-,34-,35-,36+,37-,38+,39-/m1/s1. The van der Waals surface area contributed by atoms with Gasteiger partial charge >= 0.3 is 5.97 Å². The van der Waals surface area contributed by atoms with Crippen LogP contribution in [0.3, 0.4) is 0 Å². The molecule has 0 aromatic carbocycles. The van der Waals surface area contributed by atoms with E-state index in [4.69, 9.17) is 27.8 Å². The first-order valence-corrected chi connectivity index (χ1v) is 24.9. The minimum Gasteiger partial charge on any atom is -0.456 e. The van der Waals surface area contributed by atoms with Crippen LogP contribution in [0.2, 0.25) is 36.3 Å². The quantitative estimate of drug-likeness (QED) is 0.139. The second-order valence-corrected chi connectivity index (χ2v) is 27.2. The summed E-state index contributed by atoms with van der Waals surface area (Å²) >= 11 is 0. The molecule has 288 valence electrons. The number of fused-ring (bicyclic) bond motifs is 2. The highest BCUT2D eigenvalue weighted by Gasteiger charge is 2.41. The predicted molar refractivity (Wildman–Crippen MR) is 215 cm³/mol. The molecular weight excluding hydrogens is 673 g/mol. The van der Waals surface area contributed by atoms with Crippen molar-refractivity contribution in [2.75, 3.05) is 13.7 Å². The van der Waals surface area contributed by atoms with Gasteiger partial charge in [0.15, 0.2) is 16.6 Å². The van der Waals surface area contributed by atoms with E-state index < -0.39 is 34.8 Å². The van der Waals surface area contributed by atoms with Crippen molar-refractivity contribution >= 4 is 22.6 Å². The summed E-state index contributed by atoms with van der Waals surface area (Å²) in [4.78, 5) is 13.5. The third kappa shape index (κ3) is 13.8. The first-order valence-electron chi connectivity index (χ1n) is 19.1. The molecule has 0 amide bonds. The van der Waals surface area contributed by atoms with Gasteiger partial charge in [0.25, 0.3) is 0 Å². The number of hydrogen-bond donors (Lipinski definition) is 0. The molecule has 0 radical (unpaired) electrons. The number of ether oxygens (including phenoxy) is 4. The van der Waals surface area contributed by atoms with Gasteiger partial charge in [-0.2, -0.15) is 0 Å². The van der Waals surface area contributed by atoms with Crippen LogP contribution in [0.15, 0.2) is 72.4 Å². The van der Waals surface area contributed by atoms with E-state index >= 15 is 0 Å². The zero-order valence-corrected chi connectivity index (χ0v) is 36.0. The van der Waals surface area contributed by atoms with E-state index in [-0.39, 0.29) is 40.6 Å². The molecule has 7 nitrogen and oxygen atoms in total. The maximum absolute atomic E-state index is 13.5. The number of carbonyl (C=O) groups is 1. The van der Waals surface area contributed by atoms with Gasteiger partial charge in [-0.15, -0.1) is 0 Å². The Labute approximate surface area is 312 Å². The molecule has 0 fully saturated rings. The van der Waals surface area contributed by atoms with Crippen LogP contribution in [0, 0.1) is 0 Å². The van der Waals surface area contributed by atoms with Crippen molar-refractivity contribution in [3.8, 4) is 0 Å². The maximum atomic E-state index is 13.5. The Bertz CT molecular complexity index is 1300. The lowest BCUT2D eigenvalue weighted by atomic mass is 9.98. The molecule has 9 heteroatoms. The van der Waals surface area contributed by atoms with Crippen molar-refractivity contribution in [1.29, 1.82) is 0 Å². The Morgan fingerprint density at radius 3 is 2.31 bits per heavy atom. The highest BCUT2D eigenvalue weighted by atomic mass is 28.4. The van der Waals surface area contributed by atoms with Crippen molar-refractivity contribution in [3.05, 3.63) is 72.4 Å². The first-order chi connectivity index (χ1) is 23.7. The van der Waals surface area contributed by atoms with Gasteiger partial charge in [-0.3, -0.25) is 0 Å². The molecule has 0 saturated carbocycles. The van der Waals surface area contributed by atoms with E-state index in [1.165, 1.54) is 11.6 Å². The zero-order chi connectivity index (χ0) is 38.0. The number of rotatable bonds is 8. The highest BCUT2D eigenvalue weighted by Crippen LogP contribution is 2.40. The fourth-order valence-electron chi connectivity index (χ4n) is 5.93. The van der Waals surface area contributed by atoms with Gasteiger partial charge < -0.3 is 27.8 Å². The Morgan fingerprint density at radius 1 is 0.961 bits per heavy atom. The first kappa shape index (κ1) is 43.5. The maximum Gasteiger partial charge on any atom is 0.330 e. The molecule has 0 N–H and O–H groups in total. The molecule has 3 aliphatic rings. The largest absolute Gasteiger partial charge is 0.456 e. The zero-order valence-electron chi connectivity index (χ0n) is 34.0. The second-order valence-electron chi connectivity index (χ2n) is 17.7. The summed E-state index contributed by atoms with van der Waals surface area (Å²) in [5.74, 6) is -0.395. The van der Waals surface area contributed by atoms with Gasteiger partial charge in [0.05, 0.1) is 31.0 Å². The molecule has 51 heavy (non-hydrogen) atoms. The van der Waals surface area contributed by atoms with E-state index in [9.17, 15) is 4.79 Å². The Morgan fingerprint density at radius 2 is 1.67 bits per heavy atom. The molecule has 0 saturated heterocycles. The lowest BCUT2D eigenvalue weighted by Crippen LogP contribution is -2.47. The van der Waals surface area contributed by atoms with E-state index in [0.717, 1.165) is 37.7 Å². The fraction of sp³-hybridized carbons (Fsp3) is 0.690. The van der Waals surface area contributed by atoms with Gasteiger partial charge in [-0.1, -0.05) is 108 Å². The summed E-state index contributed by atoms with van der Waals surface area (Å²) in [5.41, 5.74) is 2.47. The molecule has 0 aromatic rings. The number of cyclic esters (lactones) is 1. The number of carbonyl (C=O) groups excluding carboxylic acids is 1. The Kier molecular flexibility index (Phi) is 16.2. The average molecular weight is 743 g/mol. The number of esters is 1. The molecule has 0 aliphatic carbocycles. The monoisotopic (exact) mass is 742 g/mol. The lowest BCUT2D eigenvalue weighted by Gasteiger charge is -2.40. The van der Waals surface area contributed by atoms with Gasteiger partial charge in [-0.05, 0) is 81.7 Å². The van der Waals surface area contributed by atoms with Crippen molar-refractivity contribution < 1.29 is 32.6 Å². The lowest BCUT2D eigenvalue weighted by molar-refractivity contribution is -0.146. The molecule has 3 rings (SSSR count). The smallest absolute Gasteiger partial charge is 0.330 e. The van der Waals surface area contributed by atoms with Crippen LogP contribution >= 0.6 is 0 Å². The molecule has 7 atom stereocenters. The highest BCUT2D eigenvalue weighted by molar-refractivity contribution is 6.74. The third-order valence-corrected chi connectivity index (χ3v) is 20.2. The normalized spacial score (nSPS) is 30.2. The van der Waals surface area contributed by atoms with Crippen LogP contribution in [0.4, 0.5) is 0 Å². The van der Waals surface area contributed by atoms with Crippen molar-refractivity contribution in [2.45, 2.75) is 172 Å². The van der Waals surface area contributed by atoms with Gasteiger partial charge in [-0.25, -0.2) is 4.79 Å². The predicted octanol–water partition coefficient (Wildman–Crippen LogP) is 10.3. The Hall–Kier alpha value is -1.86. The van der Waals surface area contributed by atoms with Crippen molar-refractivity contribution in [3.63, 3.8) is 0 Å². The summed E-state index contributed by atoms with van der Waals surface area (Å²) in [7, 11) is -2.67. The summed E-state index contributed by atoms with van der Waals surface area (Å²) in [6.45, 7) is 29.8. The minimum atomic E-state index is -2.28. The Balaban J connectivity index is 2.02. The second kappa shape index (κ2) is 18.9. The van der Waals surface area contributed by atoms with E-state index in [2.05, 4.69) is 118 Å². The van der Waals surface area contributed by atoms with Crippen LogP contribution < -0.4 is 0 Å². The topological polar surface area (TPSA) is 72.5 Å². The van der Waals surface area contributed by atoms with Crippen LogP contribution in [0.25, 0.3) is 0 Å². The van der Waals surface area contributed by atoms with E-state index in [0.29, 0.717) is 19.4 Å². The summed E-state index contributed by atoms with van der Waals surface area (Å²) in [6, 6.07) is 0. The van der Waals surface area contributed by atoms with E-state index in [1.54, 1.807) is 7.11 Å². The summed E-state index contributed by atoms with van der Waals surface area (Å²) in [6.07, 6.45) is 21.9. The molecular formula is C42H70O7Si2. The number of methoxy groups -OCH3 is 1. The van der Waals surface area contributed by atoms with Crippen molar-refractivity contribution in [1.82, 2.24) is 0 Å². The van der Waals surface area contributed by atoms with Crippen LogP contribution in [0.5, 0.6) is 0 Å². The third-order valence-electron chi connectivity index (χ3n) is 11.3. The van der Waals surface area contributed by atoms with Gasteiger partial charge in [0.1, 0.15) is 18.3 Å². The minimum absolute atomic E-state index is 0.0370. The van der Waals surface area contributed by atoms with Crippen LogP contribution in [-0.2, 0) is 32.6 Å². The number of hydrogen-bond acceptors (Lipinski definition) is 7. The van der Waals surface area contributed by atoms with Crippen molar-refractivity contribution in [2.24, 2.45) is 0 Å². The van der Waals surface area contributed by atoms with Crippen LogP contribution in [-0.4, -0.2) is 79.0 Å². The summed E-state index contributed by atoms with van der Waals surface area (Å²) in [5, 5.41) is 0.0163. The molecule has 0 aromatic heterocycles. The molecule has 3 heterocycles. The summed E-state index contributed by atoms with van der Waals surface area (Å²) < 4.78 is 38.6. The molecule has 0 spiro atoms. The van der Waals surface area contributed by atoms with Crippen LogP contribution in [0.1, 0.15) is 93.4 Å². The molecule has 3 aliphatic heterocycles. The average Bonchev–Trinajstić information content (AvgIpc) is 3.01. The molecule has 0 unspecified atom stereocenters. The van der Waals surface area contributed by atoms with Gasteiger partial charge in [0, 0.05) is 19.6 Å². The fourth-order valence-corrected chi connectivity index (χ4v) is 8.47.